The number of carbonyl (C=O) groups excluding carboxylic acids is 1. The van der Waals surface area contributed by atoms with E-state index in [1.54, 1.807) is 0 Å². The van der Waals surface area contributed by atoms with E-state index in [-0.39, 0.29) is 5.56 Å². The third-order valence-corrected chi connectivity index (χ3v) is 1.58. The van der Waals surface area contributed by atoms with Gasteiger partial charge in [-0.1, -0.05) is 6.07 Å². The van der Waals surface area contributed by atoms with Gasteiger partial charge in [-0.05, 0) is 11.6 Å². The van der Waals surface area contributed by atoms with Crippen molar-refractivity contribution in [3.05, 3.63) is 33.9 Å². The second-order valence-corrected chi connectivity index (χ2v) is 2.39. The van der Waals surface area contributed by atoms with E-state index in [4.69, 9.17) is 11.3 Å². The molecule has 1 aromatic rings. The number of hydrogen-bond donors (Lipinski definition) is 1. The third-order valence-electron chi connectivity index (χ3n) is 1.58. The smallest absolute Gasteiger partial charge is 0.297 e. The molecule has 14 heavy (non-hydrogen) atoms. The highest BCUT2D eigenvalue weighted by Gasteiger charge is 2.19. The Balaban J connectivity index is 3.47. The summed E-state index contributed by atoms with van der Waals surface area (Å²) in [4.78, 5) is 20.5. The van der Waals surface area contributed by atoms with Gasteiger partial charge >= 0.3 is 0 Å². The molecule has 0 aliphatic rings. The van der Waals surface area contributed by atoms with Crippen molar-refractivity contribution in [2.45, 2.75) is 0 Å². The van der Waals surface area contributed by atoms with Crippen LogP contribution in [0.3, 0.4) is 0 Å². The van der Waals surface area contributed by atoms with Crippen LogP contribution in [-0.4, -0.2) is 10.8 Å². The highest BCUT2D eigenvalue weighted by atomic mass is 16.6. The first-order chi connectivity index (χ1) is 6.57. The summed E-state index contributed by atoms with van der Waals surface area (Å²) in [5, 5.41) is 13.1. The Labute approximate surface area is 78.2 Å². The number of hydrogen-bond acceptors (Lipinski definition) is 4. The minimum Gasteiger partial charge on any atom is -0.366 e. The van der Waals surface area contributed by atoms with Crippen molar-refractivity contribution < 1.29 is 9.72 Å². The molecule has 0 fully saturated rings. The van der Waals surface area contributed by atoms with Gasteiger partial charge in [-0.2, -0.15) is 0 Å². The molecule has 7 heteroatoms. The van der Waals surface area contributed by atoms with Gasteiger partial charge in [-0.25, -0.2) is 0 Å². The van der Waals surface area contributed by atoms with Gasteiger partial charge in [-0.15, -0.1) is 5.11 Å². The van der Waals surface area contributed by atoms with E-state index in [9.17, 15) is 14.9 Å². The Kier molecular flexibility index (Phi) is 2.52. The molecule has 0 unspecified atom stereocenters. The van der Waals surface area contributed by atoms with Crippen LogP contribution < -0.4 is 11.3 Å². The molecule has 71 valence electrons. The van der Waals surface area contributed by atoms with Crippen LogP contribution in [0.1, 0.15) is 10.4 Å². The van der Waals surface area contributed by atoms with E-state index in [1.807, 2.05) is 0 Å². The summed E-state index contributed by atoms with van der Waals surface area (Å²) in [7, 11) is 0. The van der Waals surface area contributed by atoms with Crippen molar-refractivity contribution in [1.29, 1.82) is 0 Å². The zero-order valence-electron chi connectivity index (χ0n) is 6.88. The van der Waals surface area contributed by atoms with Crippen molar-refractivity contribution >= 4 is 17.3 Å². The fourth-order valence-corrected chi connectivity index (χ4v) is 0.983. The maximum atomic E-state index is 10.8. The van der Waals surface area contributed by atoms with Gasteiger partial charge in [0.05, 0.1) is 10.5 Å². The fraction of sp³-hybridized carbons (Fsp3) is 0. The summed E-state index contributed by atoms with van der Waals surface area (Å²) in [5.41, 5.74) is 12.3. The summed E-state index contributed by atoms with van der Waals surface area (Å²) < 4.78 is 0. The van der Waals surface area contributed by atoms with Crippen molar-refractivity contribution in [1.82, 2.24) is 5.53 Å². The van der Waals surface area contributed by atoms with E-state index in [0.717, 1.165) is 6.07 Å². The van der Waals surface area contributed by atoms with E-state index >= 15 is 0 Å². The maximum absolute atomic E-state index is 10.8. The number of carbonyl (C=O) groups is 1. The molecule has 1 radical (unpaired) electrons. The van der Waals surface area contributed by atoms with E-state index in [2.05, 4.69) is 5.11 Å². The lowest BCUT2D eigenvalue weighted by Gasteiger charge is -1.99. The summed E-state index contributed by atoms with van der Waals surface area (Å²) in [6, 6.07) is 3.64. The zero-order chi connectivity index (χ0) is 10.7. The van der Waals surface area contributed by atoms with Crippen LogP contribution in [0.15, 0.2) is 23.3 Å². The predicted octanol–water partition coefficient (Wildman–Crippen LogP) is 0.578. The van der Waals surface area contributed by atoms with Crippen molar-refractivity contribution in [3.8, 4) is 0 Å². The fourth-order valence-electron chi connectivity index (χ4n) is 0.983. The molecule has 0 aliphatic heterocycles. The van der Waals surface area contributed by atoms with E-state index in [1.165, 1.54) is 12.1 Å². The first-order valence-corrected chi connectivity index (χ1v) is 3.50. The SMILES string of the molecule is [N]=Nc1c(C(N)=O)cccc1[N+](=O)[O-]. The van der Waals surface area contributed by atoms with Crippen molar-refractivity contribution in [2.75, 3.05) is 0 Å². The van der Waals surface area contributed by atoms with Crippen LogP contribution in [0.2, 0.25) is 0 Å². The number of nitrogens with zero attached hydrogens (tertiary/aromatic N) is 3. The standard InChI is InChI=1S/C7H5N4O3/c8-7(12)4-2-1-3-5(11(13)14)6(4)10-9/h1-3H,(H2,8,12). The molecule has 2 N–H and O–H groups in total. The molecule has 0 spiro atoms. The van der Waals surface area contributed by atoms with Crippen LogP contribution in [0.5, 0.6) is 0 Å². The lowest BCUT2D eigenvalue weighted by molar-refractivity contribution is -0.384. The normalized spacial score (nSPS) is 9.43. The van der Waals surface area contributed by atoms with Gasteiger partial charge in [0.25, 0.3) is 11.6 Å². The number of nitro groups is 1. The van der Waals surface area contributed by atoms with E-state index < -0.39 is 22.2 Å². The molecule has 1 aromatic carbocycles. The number of amides is 1. The zero-order valence-corrected chi connectivity index (χ0v) is 6.88. The number of nitro benzene ring substituents is 1. The number of rotatable bonds is 3. The van der Waals surface area contributed by atoms with E-state index in [0.29, 0.717) is 0 Å². The van der Waals surface area contributed by atoms with Crippen molar-refractivity contribution in [3.63, 3.8) is 0 Å². The van der Waals surface area contributed by atoms with Crippen LogP contribution in [0, 0.1) is 10.1 Å². The molecule has 1 amide bonds. The Hall–Kier alpha value is -2.31. The lowest BCUT2D eigenvalue weighted by atomic mass is 10.1. The summed E-state index contributed by atoms with van der Waals surface area (Å²) >= 11 is 0. The molecule has 0 bridgehead atoms. The number of primary amides is 1. The Morgan fingerprint density at radius 2 is 2.21 bits per heavy atom. The molecule has 0 aromatic heterocycles. The first-order valence-electron chi connectivity index (χ1n) is 3.50. The van der Waals surface area contributed by atoms with Crippen LogP contribution >= 0.6 is 0 Å². The van der Waals surface area contributed by atoms with Gasteiger partial charge < -0.3 is 5.73 Å². The van der Waals surface area contributed by atoms with Gasteiger partial charge in [0.2, 0.25) is 0 Å². The topological polar surface area (TPSA) is 121 Å². The van der Waals surface area contributed by atoms with Gasteiger partial charge in [-0.3, -0.25) is 14.9 Å². The largest absolute Gasteiger partial charge is 0.366 e. The number of nitrogens with two attached hydrogens (primary N) is 1. The Morgan fingerprint density at radius 3 is 2.64 bits per heavy atom. The molecule has 0 atom stereocenters. The van der Waals surface area contributed by atoms with Gasteiger partial charge in [0, 0.05) is 6.07 Å². The molecular weight excluding hydrogens is 188 g/mol. The van der Waals surface area contributed by atoms with Crippen LogP contribution in [-0.2, 0) is 0 Å². The van der Waals surface area contributed by atoms with Gasteiger partial charge in [0.15, 0.2) is 5.69 Å². The lowest BCUT2D eigenvalue weighted by Crippen LogP contribution is -2.11. The molecule has 1 rings (SSSR count). The van der Waals surface area contributed by atoms with Crippen molar-refractivity contribution in [2.24, 2.45) is 10.8 Å². The molecule has 0 aliphatic carbocycles. The second-order valence-electron chi connectivity index (χ2n) is 2.39. The molecule has 0 saturated carbocycles. The number of benzene rings is 1. The highest BCUT2D eigenvalue weighted by molar-refractivity contribution is 5.99. The highest BCUT2D eigenvalue weighted by Crippen LogP contribution is 2.29. The second kappa shape index (κ2) is 3.60. The average molecular weight is 193 g/mol. The maximum Gasteiger partial charge on any atom is 0.297 e. The molecule has 7 nitrogen and oxygen atoms in total. The van der Waals surface area contributed by atoms with Gasteiger partial charge in [0.1, 0.15) is 0 Å². The predicted molar refractivity (Wildman–Crippen MR) is 45.8 cm³/mol. The summed E-state index contributed by atoms with van der Waals surface area (Å²) in [6.45, 7) is 0. The average Bonchev–Trinajstić information content (AvgIpc) is 2.16. The Bertz CT molecular complexity index is 383. The Morgan fingerprint density at radius 1 is 1.57 bits per heavy atom. The minimum atomic E-state index is -0.887. The molecule has 0 heterocycles. The quantitative estimate of drug-likeness (QED) is 0.429. The summed E-state index contributed by atoms with van der Waals surface area (Å²) in [5.74, 6) is -0.887. The van der Waals surface area contributed by atoms with Crippen LogP contribution in [0.4, 0.5) is 11.4 Å². The molecular formula is C7H5N4O3. The first kappa shape index (κ1) is 9.78. The molecule has 0 saturated heterocycles. The monoisotopic (exact) mass is 193 g/mol. The van der Waals surface area contributed by atoms with Crippen LogP contribution in [0.25, 0.3) is 0 Å². The minimum absolute atomic E-state index is 0.193. The summed E-state index contributed by atoms with van der Waals surface area (Å²) in [6.07, 6.45) is 0. The third kappa shape index (κ3) is 1.56.